The van der Waals surface area contributed by atoms with Crippen LogP contribution >= 0.6 is 0 Å². The zero-order chi connectivity index (χ0) is 18.8. The molecule has 0 N–H and O–H groups in total. The van der Waals surface area contributed by atoms with E-state index in [0.717, 1.165) is 16.0 Å². The maximum atomic E-state index is 12.3. The lowest BCUT2D eigenvalue weighted by atomic mass is 9.85. The Balaban J connectivity index is 1.58. The van der Waals surface area contributed by atoms with E-state index in [2.05, 4.69) is 0 Å². The van der Waals surface area contributed by atoms with Crippen LogP contribution in [0.25, 0.3) is 0 Å². The molecule has 2 amide bonds. The highest BCUT2D eigenvalue weighted by molar-refractivity contribution is 6.07. The van der Waals surface area contributed by atoms with Gasteiger partial charge in [-0.25, -0.2) is 0 Å². The van der Waals surface area contributed by atoms with E-state index in [4.69, 9.17) is 4.74 Å². The van der Waals surface area contributed by atoms with Crippen molar-refractivity contribution in [3.63, 3.8) is 0 Å². The van der Waals surface area contributed by atoms with Gasteiger partial charge in [0.05, 0.1) is 11.8 Å². The van der Waals surface area contributed by atoms with Crippen LogP contribution < -0.4 is 0 Å². The monoisotopic (exact) mass is 355 g/mol. The van der Waals surface area contributed by atoms with Crippen molar-refractivity contribution in [1.29, 1.82) is 0 Å². The molecule has 136 valence electrons. The van der Waals surface area contributed by atoms with Crippen LogP contribution in [0.5, 0.6) is 0 Å². The van der Waals surface area contributed by atoms with Crippen molar-refractivity contribution in [3.8, 4) is 0 Å². The summed E-state index contributed by atoms with van der Waals surface area (Å²) in [6.45, 7) is 2.84. The van der Waals surface area contributed by atoms with Crippen molar-refractivity contribution in [2.24, 2.45) is 11.8 Å². The minimum absolute atomic E-state index is 0.309. The van der Waals surface area contributed by atoms with Crippen molar-refractivity contribution in [2.75, 3.05) is 13.2 Å². The zero-order valence-electron chi connectivity index (χ0n) is 14.9. The minimum atomic E-state index is -0.753. The number of nitrogens with zero attached hydrogens (tertiary/aromatic N) is 1. The maximum Gasteiger partial charge on any atom is 0.326 e. The number of aryl methyl sites for hydroxylation is 2. The number of Topliss-reactive ketones (excluding diaryl/α,β-unsaturated/α-hetero) is 1. The Hall–Kier alpha value is -2.76. The Morgan fingerprint density at radius 3 is 2.31 bits per heavy atom. The van der Waals surface area contributed by atoms with E-state index < -0.39 is 19.1 Å². The Labute approximate surface area is 151 Å². The molecule has 26 heavy (non-hydrogen) atoms. The lowest BCUT2D eigenvalue weighted by Gasteiger charge is -2.14. The number of hydrogen-bond acceptors (Lipinski definition) is 5. The first-order valence-electron chi connectivity index (χ1n) is 8.64. The van der Waals surface area contributed by atoms with Gasteiger partial charge in [-0.05, 0) is 38.3 Å². The van der Waals surface area contributed by atoms with Crippen LogP contribution in [0.4, 0.5) is 0 Å². The van der Waals surface area contributed by atoms with Gasteiger partial charge in [0.25, 0.3) is 0 Å². The molecule has 1 aliphatic carbocycles. The number of allylic oxidation sites excluding steroid dienone is 2. The summed E-state index contributed by atoms with van der Waals surface area (Å²) in [5, 5.41) is 0. The molecule has 2 aliphatic rings. The molecule has 3 rings (SSSR count). The van der Waals surface area contributed by atoms with Crippen LogP contribution in [-0.4, -0.2) is 41.6 Å². The average molecular weight is 355 g/mol. The molecule has 0 radical (unpaired) electrons. The second kappa shape index (κ2) is 7.23. The van der Waals surface area contributed by atoms with Crippen molar-refractivity contribution in [2.45, 2.75) is 26.7 Å². The van der Waals surface area contributed by atoms with Crippen molar-refractivity contribution in [3.05, 3.63) is 47.0 Å². The summed E-state index contributed by atoms with van der Waals surface area (Å²) in [6.07, 6.45) is 4.81. The minimum Gasteiger partial charge on any atom is -0.456 e. The van der Waals surface area contributed by atoms with Crippen LogP contribution in [0.15, 0.2) is 30.4 Å². The molecule has 0 saturated carbocycles. The predicted octanol–water partition coefficient (Wildman–Crippen LogP) is 1.98. The highest BCUT2D eigenvalue weighted by Crippen LogP contribution is 2.34. The highest BCUT2D eigenvalue weighted by Gasteiger charge is 2.47. The molecule has 6 nitrogen and oxygen atoms in total. The molecule has 0 unspecified atom stereocenters. The van der Waals surface area contributed by atoms with Gasteiger partial charge >= 0.3 is 5.97 Å². The van der Waals surface area contributed by atoms with Gasteiger partial charge in [0.1, 0.15) is 6.54 Å². The highest BCUT2D eigenvalue weighted by atomic mass is 16.5. The summed E-state index contributed by atoms with van der Waals surface area (Å²) in [5.41, 5.74) is 2.25. The molecule has 1 aromatic rings. The first kappa shape index (κ1) is 18.0. The molecular formula is C20H21NO5. The number of fused-ring (bicyclic) bond motifs is 1. The number of benzene rings is 1. The number of ether oxygens (including phenoxy) is 1. The van der Waals surface area contributed by atoms with Gasteiger partial charge in [0, 0.05) is 5.56 Å². The van der Waals surface area contributed by atoms with E-state index in [1.807, 2.05) is 38.1 Å². The lowest BCUT2D eigenvalue weighted by molar-refractivity contribution is -0.152. The number of carbonyl (C=O) groups is 4. The number of ketones is 1. The van der Waals surface area contributed by atoms with Gasteiger partial charge in [0.15, 0.2) is 6.61 Å². The van der Waals surface area contributed by atoms with E-state index in [-0.39, 0.29) is 29.4 Å². The van der Waals surface area contributed by atoms with Crippen LogP contribution in [0, 0.1) is 25.7 Å². The zero-order valence-corrected chi connectivity index (χ0v) is 14.9. The standard InChI is InChI=1S/C20H21NO5/c1-12-7-8-13(2)16(9-12)17(22)11-26-18(23)10-21-19(24)14-5-3-4-6-15(14)20(21)25/h3-4,7-9,14-15H,5-6,10-11H2,1-2H3/t14-,15-/m1/s1. The summed E-state index contributed by atoms with van der Waals surface area (Å²) in [4.78, 5) is 49.9. The lowest BCUT2D eigenvalue weighted by Crippen LogP contribution is -2.37. The van der Waals surface area contributed by atoms with Gasteiger partial charge in [-0.2, -0.15) is 0 Å². The van der Waals surface area contributed by atoms with E-state index in [9.17, 15) is 19.2 Å². The molecule has 0 bridgehead atoms. The number of hydrogen-bond donors (Lipinski definition) is 0. The number of imide groups is 1. The fourth-order valence-electron chi connectivity index (χ4n) is 3.46. The largest absolute Gasteiger partial charge is 0.456 e. The Kier molecular flexibility index (Phi) is 5.02. The summed E-state index contributed by atoms with van der Waals surface area (Å²) in [6, 6.07) is 5.48. The molecule has 0 spiro atoms. The first-order valence-corrected chi connectivity index (χ1v) is 8.64. The molecule has 6 heteroatoms. The second-order valence-corrected chi connectivity index (χ2v) is 6.82. The van der Waals surface area contributed by atoms with Crippen LogP contribution in [0.1, 0.15) is 34.3 Å². The normalized spacial score (nSPS) is 21.7. The third-order valence-corrected chi connectivity index (χ3v) is 4.94. The molecule has 1 saturated heterocycles. The fourth-order valence-corrected chi connectivity index (χ4v) is 3.46. The molecule has 2 atom stereocenters. The van der Waals surface area contributed by atoms with E-state index in [1.165, 1.54) is 0 Å². The summed E-state index contributed by atoms with van der Waals surface area (Å²) < 4.78 is 5.01. The topological polar surface area (TPSA) is 80.8 Å². The maximum absolute atomic E-state index is 12.3. The Bertz CT molecular complexity index is 784. The van der Waals surface area contributed by atoms with Crippen LogP contribution in [-0.2, 0) is 19.1 Å². The third-order valence-electron chi connectivity index (χ3n) is 4.94. The van der Waals surface area contributed by atoms with E-state index >= 15 is 0 Å². The second-order valence-electron chi connectivity index (χ2n) is 6.82. The Morgan fingerprint density at radius 2 is 1.69 bits per heavy atom. The van der Waals surface area contributed by atoms with Crippen molar-refractivity contribution < 1.29 is 23.9 Å². The molecule has 1 aliphatic heterocycles. The quantitative estimate of drug-likeness (QED) is 0.349. The molecule has 0 aromatic heterocycles. The third kappa shape index (κ3) is 3.45. The van der Waals surface area contributed by atoms with Crippen LogP contribution in [0.3, 0.4) is 0 Å². The number of likely N-dealkylation sites (tertiary alicyclic amines) is 1. The summed E-state index contributed by atoms with van der Waals surface area (Å²) in [7, 11) is 0. The SMILES string of the molecule is Cc1ccc(C)c(C(=O)COC(=O)CN2C(=O)[C@@H]3CC=CC[C@H]3C2=O)c1. The van der Waals surface area contributed by atoms with Gasteiger partial charge in [-0.1, -0.05) is 29.8 Å². The average Bonchev–Trinajstić information content (AvgIpc) is 2.87. The van der Waals surface area contributed by atoms with Gasteiger partial charge in [0.2, 0.25) is 17.6 Å². The molecular weight excluding hydrogens is 334 g/mol. The number of rotatable bonds is 5. The summed E-state index contributed by atoms with van der Waals surface area (Å²) >= 11 is 0. The molecule has 1 fully saturated rings. The predicted molar refractivity (Wildman–Crippen MR) is 93.3 cm³/mol. The van der Waals surface area contributed by atoms with Gasteiger partial charge in [-0.3, -0.25) is 24.1 Å². The number of esters is 1. The smallest absolute Gasteiger partial charge is 0.326 e. The molecule has 1 heterocycles. The van der Waals surface area contributed by atoms with Crippen LogP contribution in [0.2, 0.25) is 0 Å². The molecule has 1 aromatic carbocycles. The van der Waals surface area contributed by atoms with Gasteiger partial charge in [-0.15, -0.1) is 0 Å². The number of carbonyl (C=O) groups excluding carboxylic acids is 4. The number of amides is 2. The van der Waals surface area contributed by atoms with E-state index in [1.54, 1.807) is 6.07 Å². The first-order chi connectivity index (χ1) is 12.4. The van der Waals surface area contributed by atoms with Crippen molar-refractivity contribution in [1.82, 2.24) is 4.90 Å². The summed E-state index contributed by atoms with van der Waals surface area (Å²) in [5.74, 6) is -2.48. The van der Waals surface area contributed by atoms with Gasteiger partial charge < -0.3 is 4.74 Å². The Morgan fingerprint density at radius 1 is 1.08 bits per heavy atom. The van der Waals surface area contributed by atoms with Crippen molar-refractivity contribution >= 4 is 23.6 Å². The fraction of sp³-hybridized carbons (Fsp3) is 0.400. The van der Waals surface area contributed by atoms with E-state index in [0.29, 0.717) is 18.4 Å².